The lowest BCUT2D eigenvalue weighted by Crippen LogP contribution is -1.91. The van der Waals surface area contributed by atoms with Crippen molar-refractivity contribution in [2.45, 2.75) is 0 Å². The smallest absolute Gasteiger partial charge is 0.187 e. The Kier molecular flexibility index (Phi) is 9.28. The molecule has 0 saturated heterocycles. The first-order chi connectivity index (χ1) is 26.5. The predicted octanol–water partition coefficient (Wildman–Crippen LogP) is 11.8. The molecule has 0 N–H and O–H groups in total. The molecule has 1 aliphatic rings. The summed E-state index contributed by atoms with van der Waals surface area (Å²) in [5.74, 6) is 0. The molecular weight excluding hydrogens is 661 g/mol. The van der Waals surface area contributed by atoms with Gasteiger partial charge in [0, 0.05) is 0 Å². The van der Waals surface area contributed by atoms with Crippen LogP contribution >= 0.6 is 0 Å². The summed E-state index contributed by atoms with van der Waals surface area (Å²) in [6.45, 7) is 22.8. The molecule has 6 nitrogen and oxygen atoms in total. The number of nitrogens with zero attached hydrogens (tertiary/aromatic N) is 6. The zero-order valence-corrected chi connectivity index (χ0v) is 28.5. The van der Waals surface area contributed by atoms with Gasteiger partial charge in [-0.2, -0.15) is 15.8 Å². The van der Waals surface area contributed by atoms with Crippen molar-refractivity contribution in [2.75, 3.05) is 0 Å². The van der Waals surface area contributed by atoms with Crippen molar-refractivity contribution in [1.29, 1.82) is 15.8 Å². The van der Waals surface area contributed by atoms with Crippen molar-refractivity contribution in [1.82, 2.24) is 0 Å². The second-order valence-electron chi connectivity index (χ2n) is 12.3. The highest BCUT2D eigenvalue weighted by molar-refractivity contribution is 6.13. The maximum absolute atomic E-state index is 9.66. The topological polar surface area (TPSA) is 84.4 Å². The van der Waals surface area contributed by atoms with E-state index in [0.717, 1.165) is 66.8 Å². The van der Waals surface area contributed by atoms with Crippen LogP contribution in [0.2, 0.25) is 0 Å². The molecule has 6 heteroatoms. The van der Waals surface area contributed by atoms with Gasteiger partial charge in [0.2, 0.25) is 0 Å². The number of rotatable bonds is 6. The van der Waals surface area contributed by atoms with Gasteiger partial charge in [0.15, 0.2) is 17.1 Å². The fourth-order valence-electron chi connectivity index (χ4n) is 6.55. The normalized spacial score (nSPS) is 12.1. The van der Waals surface area contributed by atoms with Gasteiger partial charge in [0.05, 0.1) is 54.6 Å². The van der Waals surface area contributed by atoms with Crippen LogP contribution in [0.5, 0.6) is 0 Å². The van der Waals surface area contributed by atoms with E-state index < -0.39 is 0 Å². The highest BCUT2D eigenvalue weighted by atomic mass is 14.6. The van der Waals surface area contributed by atoms with Crippen LogP contribution in [0.25, 0.3) is 31.3 Å². The summed E-state index contributed by atoms with van der Waals surface area (Å²) in [4.78, 5) is 10.9. The molecule has 246 valence electrons. The third kappa shape index (κ3) is 6.55. The Labute approximate surface area is 313 Å². The van der Waals surface area contributed by atoms with E-state index in [1.54, 1.807) is 72.8 Å². The van der Waals surface area contributed by atoms with Crippen molar-refractivity contribution in [2.24, 2.45) is 0 Å². The summed E-state index contributed by atoms with van der Waals surface area (Å²) >= 11 is 0. The molecule has 0 atom stereocenters. The zero-order chi connectivity index (χ0) is 37.6. The Balaban J connectivity index is 1.69. The minimum Gasteiger partial charge on any atom is -0.238 e. The molecule has 0 amide bonds. The van der Waals surface area contributed by atoms with E-state index in [1.165, 1.54) is 0 Å². The number of nitriles is 3. The Morgan fingerprint density at radius 3 is 0.667 bits per heavy atom. The fraction of sp³-hybridized carbons (Fsp3) is 0. The van der Waals surface area contributed by atoms with Crippen molar-refractivity contribution in [3.05, 3.63) is 247 Å². The molecule has 0 heterocycles. The van der Waals surface area contributed by atoms with Crippen LogP contribution in [0.4, 0.5) is 17.1 Å². The monoisotopic (exact) mass is 684 g/mol. The van der Waals surface area contributed by atoms with E-state index >= 15 is 0 Å². The van der Waals surface area contributed by atoms with Gasteiger partial charge >= 0.3 is 0 Å². The second kappa shape index (κ2) is 14.8. The zero-order valence-electron chi connectivity index (χ0n) is 28.5. The lowest BCUT2D eigenvalue weighted by Gasteiger charge is -2.11. The number of hydrogen-bond donors (Lipinski definition) is 0. The third-order valence-electron chi connectivity index (χ3n) is 9.20. The summed E-state index contributed by atoms with van der Waals surface area (Å²) in [5.41, 5.74) is 13.7. The first-order valence-corrected chi connectivity index (χ1v) is 16.7. The van der Waals surface area contributed by atoms with E-state index in [-0.39, 0.29) is 0 Å². The molecule has 54 heavy (non-hydrogen) atoms. The van der Waals surface area contributed by atoms with E-state index in [2.05, 4.69) is 32.7 Å². The molecule has 1 saturated carbocycles. The molecular formula is C48H24N6. The van der Waals surface area contributed by atoms with Gasteiger partial charge in [-0.05, 0) is 103 Å². The number of benzene rings is 6. The largest absolute Gasteiger partial charge is 0.238 e. The Morgan fingerprint density at radius 2 is 0.500 bits per heavy atom. The van der Waals surface area contributed by atoms with E-state index in [9.17, 15) is 15.8 Å². The van der Waals surface area contributed by atoms with Gasteiger partial charge < -0.3 is 0 Å². The van der Waals surface area contributed by atoms with Crippen molar-refractivity contribution < 1.29 is 0 Å². The Bertz CT molecular complexity index is 2290. The molecule has 0 bridgehead atoms. The van der Waals surface area contributed by atoms with Crippen LogP contribution in [0.3, 0.4) is 0 Å². The molecule has 1 fully saturated rings. The standard InChI is InChI=1S/C48H24N6/c1-52-40-22-16-37(17-23-40)44(36-14-8-33(30-51)9-15-36)47-46(43(34-10-4-31(28-49)5-11-34)35-12-6-32(29-50)7-13-35)48(47)45(38-18-24-41(53-2)25-19-38)39-20-26-42(54-3)27-21-39/h4-27H/b47-44-. The molecule has 6 aromatic rings. The maximum atomic E-state index is 9.66. The highest BCUT2D eigenvalue weighted by Crippen LogP contribution is 2.59. The molecule has 0 aromatic heterocycles. The maximum Gasteiger partial charge on any atom is 0.187 e. The molecule has 0 spiro atoms. The summed E-state index contributed by atoms with van der Waals surface area (Å²) in [5, 5.41) is 29.0. The van der Waals surface area contributed by atoms with Crippen molar-refractivity contribution >= 4 is 33.8 Å². The lowest BCUT2D eigenvalue weighted by molar-refractivity contribution is 1.45. The van der Waals surface area contributed by atoms with E-state index in [0.29, 0.717) is 33.8 Å². The molecule has 7 rings (SSSR count). The quantitative estimate of drug-likeness (QED) is 0.164. The minimum atomic E-state index is 0.501. The van der Waals surface area contributed by atoms with Crippen LogP contribution in [0.1, 0.15) is 50.1 Å². The predicted molar refractivity (Wildman–Crippen MR) is 210 cm³/mol. The molecule has 0 unspecified atom stereocenters. The van der Waals surface area contributed by atoms with Crippen LogP contribution < -0.4 is 0 Å². The van der Waals surface area contributed by atoms with Gasteiger partial charge in [-0.3, -0.25) is 0 Å². The average Bonchev–Trinajstić information content (AvgIpc) is 3.94. The van der Waals surface area contributed by atoms with Crippen LogP contribution in [0, 0.1) is 53.7 Å². The first-order valence-electron chi connectivity index (χ1n) is 16.7. The fourth-order valence-corrected chi connectivity index (χ4v) is 6.55. The van der Waals surface area contributed by atoms with Gasteiger partial charge in [0.25, 0.3) is 0 Å². The van der Waals surface area contributed by atoms with Crippen molar-refractivity contribution in [3.8, 4) is 18.2 Å². The summed E-state index contributed by atoms with van der Waals surface area (Å²) in [7, 11) is 0. The molecule has 6 aromatic carbocycles. The van der Waals surface area contributed by atoms with E-state index in [4.69, 9.17) is 19.7 Å². The van der Waals surface area contributed by atoms with Gasteiger partial charge in [-0.1, -0.05) is 109 Å². The van der Waals surface area contributed by atoms with E-state index in [1.807, 2.05) is 72.8 Å². The van der Waals surface area contributed by atoms with Gasteiger partial charge in [0.1, 0.15) is 0 Å². The summed E-state index contributed by atoms with van der Waals surface area (Å²) in [6, 6.07) is 51.2. The van der Waals surface area contributed by atoms with Crippen molar-refractivity contribution in [3.63, 3.8) is 0 Å². The summed E-state index contributed by atoms with van der Waals surface area (Å²) in [6.07, 6.45) is 0. The molecule has 0 aliphatic heterocycles. The Hall–Kier alpha value is -8.52. The number of allylic oxidation sites excluding steroid dienone is 3. The highest BCUT2D eigenvalue weighted by Gasteiger charge is 2.41. The molecule has 0 radical (unpaired) electrons. The van der Waals surface area contributed by atoms with Gasteiger partial charge in [-0.25, -0.2) is 14.5 Å². The third-order valence-corrected chi connectivity index (χ3v) is 9.20. The summed E-state index contributed by atoms with van der Waals surface area (Å²) < 4.78 is 0. The second-order valence-corrected chi connectivity index (χ2v) is 12.3. The minimum absolute atomic E-state index is 0.501. The van der Waals surface area contributed by atoms with Gasteiger partial charge in [-0.15, -0.1) is 0 Å². The first kappa shape index (κ1) is 34.0. The van der Waals surface area contributed by atoms with Crippen LogP contribution in [-0.2, 0) is 0 Å². The lowest BCUT2D eigenvalue weighted by atomic mass is 9.93. The van der Waals surface area contributed by atoms with Crippen LogP contribution in [-0.4, -0.2) is 0 Å². The average molecular weight is 685 g/mol. The Morgan fingerprint density at radius 1 is 0.315 bits per heavy atom. The molecule has 1 aliphatic carbocycles. The number of hydrogen-bond acceptors (Lipinski definition) is 3. The van der Waals surface area contributed by atoms with Crippen LogP contribution in [0.15, 0.2) is 162 Å². The SMILES string of the molecule is [C-]#[N+]c1ccc(C(=C2C(=C(c3ccc(C#N)cc3)c3ccc(C#N)cc3)/C2=C(\c2ccc(C#N)cc2)c2ccc([N+]#[C-])cc2)c2ccc([N+]#[C-])cc2)cc1.